The minimum Gasteiger partial charge on any atom is -0.508 e. The van der Waals surface area contributed by atoms with Crippen LogP contribution in [-0.4, -0.2) is 29.6 Å². The number of benzene rings is 1. The molecule has 0 fully saturated rings. The van der Waals surface area contributed by atoms with Gasteiger partial charge >= 0.3 is 0 Å². The second-order valence-corrected chi connectivity index (χ2v) is 3.18. The molecule has 0 radical (unpaired) electrons. The fraction of sp³-hybridized carbons (Fsp3) is 0.364. The van der Waals surface area contributed by atoms with Crippen LogP contribution < -0.4 is 0 Å². The van der Waals surface area contributed by atoms with Crippen LogP contribution in [0.25, 0.3) is 0 Å². The summed E-state index contributed by atoms with van der Waals surface area (Å²) in [5.74, 6) is 0.307. The molecule has 1 rings (SSSR count). The monoisotopic (exact) mass is 193 g/mol. The Morgan fingerprint density at radius 2 is 2.00 bits per heavy atom. The molecular weight excluding hydrogens is 178 g/mol. The van der Waals surface area contributed by atoms with Gasteiger partial charge in [0.05, 0.1) is 13.2 Å². The van der Waals surface area contributed by atoms with Gasteiger partial charge in [0.25, 0.3) is 0 Å². The Balaban J connectivity index is 2.94. The minimum absolute atomic E-state index is 0.0621. The quantitative estimate of drug-likeness (QED) is 0.713. The maximum atomic E-state index is 9.41. The predicted molar refractivity (Wildman–Crippen MR) is 57.1 cm³/mol. The summed E-state index contributed by atoms with van der Waals surface area (Å²) in [5, 5.41) is 18.0. The van der Waals surface area contributed by atoms with Gasteiger partial charge in [-0.1, -0.05) is 0 Å². The highest BCUT2D eigenvalue weighted by atomic mass is 16.3. The van der Waals surface area contributed by atoms with E-state index in [4.69, 9.17) is 5.11 Å². The van der Waals surface area contributed by atoms with Crippen LogP contribution in [0.15, 0.2) is 17.1 Å². The van der Waals surface area contributed by atoms with E-state index >= 15 is 0 Å². The maximum Gasteiger partial charge on any atom is 0.118 e. The van der Waals surface area contributed by atoms with Crippen molar-refractivity contribution in [2.24, 2.45) is 4.99 Å². The number of rotatable bonds is 3. The number of hydrogen-bond donors (Lipinski definition) is 2. The standard InChI is InChI=1S/C11H15NO2/c1-8-9(2)11(14)4-3-10(8)7-12-5-6-13/h3-4,7,13-14H,5-6H2,1-2H3/b12-7+. The molecule has 0 atom stereocenters. The van der Waals surface area contributed by atoms with Crippen LogP contribution >= 0.6 is 0 Å². The van der Waals surface area contributed by atoms with Gasteiger partial charge in [0.2, 0.25) is 0 Å². The van der Waals surface area contributed by atoms with Crippen LogP contribution in [-0.2, 0) is 0 Å². The molecule has 0 aromatic heterocycles. The number of hydrogen-bond acceptors (Lipinski definition) is 3. The minimum atomic E-state index is 0.0621. The van der Waals surface area contributed by atoms with E-state index in [1.54, 1.807) is 12.3 Å². The number of aliphatic hydroxyl groups excluding tert-OH is 1. The van der Waals surface area contributed by atoms with Crippen molar-refractivity contribution < 1.29 is 10.2 Å². The number of phenolic OH excluding ortho intramolecular Hbond substituents is 1. The fourth-order valence-corrected chi connectivity index (χ4v) is 1.19. The summed E-state index contributed by atoms with van der Waals surface area (Å²) < 4.78 is 0. The average molecular weight is 193 g/mol. The molecule has 0 aliphatic heterocycles. The molecule has 3 heteroatoms. The molecule has 0 aliphatic carbocycles. The molecule has 0 saturated heterocycles. The van der Waals surface area contributed by atoms with Crippen LogP contribution in [0, 0.1) is 13.8 Å². The molecule has 76 valence electrons. The second-order valence-electron chi connectivity index (χ2n) is 3.18. The summed E-state index contributed by atoms with van der Waals surface area (Å²) in [7, 11) is 0. The number of aliphatic hydroxyl groups is 1. The van der Waals surface area contributed by atoms with Crippen LogP contribution in [0.1, 0.15) is 16.7 Å². The first-order valence-electron chi connectivity index (χ1n) is 4.56. The third-order valence-electron chi connectivity index (χ3n) is 2.26. The highest BCUT2D eigenvalue weighted by molar-refractivity contribution is 5.82. The largest absolute Gasteiger partial charge is 0.508 e. The predicted octanol–water partition coefficient (Wildman–Crippen LogP) is 1.42. The van der Waals surface area contributed by atoms with E-state index in [0.29, 0.717) is 12.3 Å². The molecule has 0 aliphatic rings. The van der Waals surface area contributed by atoms with E-state index in [0.717, 1.165) is 16.7 Å². The zero-order valence-corrected chi connectivity index (χ0v) is 8.49. The van der Waals surface area contributed by atoms with E-state index in [9.17, 15) is 5.11 Å². The van der Waals surface area contributed by atoms with Crippen LogP contribution in [0.3, 0.4) is 0 Å². The van der Waals surface area contributed by atoms with E-state index in [2.05, 4.69) is 4.99 Å². The van der Waals surface area contributed by atoms with Gasteiger partial charge in [0, 0.05) is 6.21 Å². The summed E-state index contributed by atoms with van der Waals surface area (Å²) in [5.41, 5.74) is 2.87. The third kappa shape index (κ3) is 2.33. The Bertz CT molecular complexity index is 345. The molecule has 0 unspecified atom stereocenters. The van der Waals surface area contributed by atoms with E-state index in [1.807, 2.05) is 19.9 Å². The van der Waals surface area contributed by atoms with Gasteiger partial charge in [-0.05, 0) is 42.7 Å². The first kappa shape index (κ1) is 10.7. The van der Waals surface area contributed by atoms with Crippen molar-refractivity contribution in [2.45, 2.75) is 13.8 Å². The van der Waals surface area contributed by atoms with Crippen LogP contribution in [0.2, 0.25) is 0 Å². The summed E-state index contributed by atoms with van der Waals surface area (Å²) in [4.78, 5) is 4.04. The van der Waals surface area contributed by atoms with Gasteiger partial charge in [-0.15, -0.1) is 0 Å². The summed E-state index contributed by atoms with van der Waals surface area (Å²) >= 11 is 0. The highest BCUT2D eigenvalue weighted by Gasteiger charge is 2.02. The number of phenols is 1. The molecule has 0 amide bonds. The maximum absolute atomic E-state index is 9.41. The zero-order valence-electron chi connectivity index (χ0n) is 8.49. The lowest BCUT2D eigenvalue weighted by molar-refractivity contribution is 0.307. The molecule has 0 spiro atoms. The molecule has 0 bridgehead atoms. The molecule has 14 heavy (non-hydrogen) atoms. The molecular formula is C11H15NO2. The Kier molecular flexibility index (Phi) is 3.65. The Hall–Kier alpha value is -1.35. The van der Waals surface area contributed by atoms with Crippen molar-refractivity contribution in [3.8, 4) is 5.75 Å². The lowest BCUT2D eigenvalue weighted by Crippen LogP contribution is -1.93. The van der Waals surface area contributed by atoms with Crippen molar-refractivity contribution in [1.29, 1.82) is 0 Å². The molecule has 0 saturated carbocycles. The summed E-state index contributed by atoms with van der Waals surface area (Å²) in [6, 6.07) is 3.47. The Labute approximate surface area is 83.7 Å². The van der Waals surface area contributed by atoms with Gasteiger partial charge in [0.15, 0.2) is 0 Å². The molecule has 2 N–H and O–H groups in total. The number of aromatic hydroxyl groups is 1. The smallest absolute Gasteiger partial charge is 0.118 e. The molecule has 1 aromatic rings. The zero-order chi connectivity index (χ0) is 10.6. The van der Waals surface area contributed by atoms with Gasteiger partial charge in [0.1, 0.15) is 5.75 Å². The Morgan fingerprint density at radius 3 is 2.64 bits per heavy atom. The van der Waals surface area contributed by atoms with Gasteiger partial charge in [-0.3, -0.25) is 4.99 Å². The molecule has 3 nitrogen and oxygen atoms in total. The van der Waals surface area contributed by atoms with Gasteiger partial charge < -0.3 is 10.2 Å². The van der Waals surface area contributed by atoms with Crippen LogP contribution in [0.5, 0.6) is 5.75 Å². The Morgan fingerprint density at radius 1 is 1.29 bits per heavy atom. The first-order valence-corrected chi connectivity index (χ1v) is 4.56. The average Bonchev–Trinajstić information content (AvgIpc) is 2.18. The SMILES string of the molecule is Cc1c(O)ccc(/C=N/CCO)c1C. The van der Waals surface area contributed by atoms with E-state index in [1.165, 1.54) is 0 Å². The topological polar surface area (TPSA) is 52.8 Å². The van der Waals surface area contributed by atoms with Crippen LogP contribution in [0.4, 0.5) is 0 Å². The summed E-state index contributed by atoms with van der Waals surface area (Å²) in [6.45, 7) is 4.29. The lowest BCUT2D eigenvalue weighted by Gasteiger charge is -2.05. The summed E-state index contributed by atoms with van der Waals surface area (Å²) in [6.07, 6.45) is 1.72. The molecule has 1 aromatic carbocycles. The normalized spacial score (nSPS) is 11.1. The number of nitrogens with zero attached hydrogens (tertiary/aromatic N) is 1. The van der Waals surface area contributed by atoms with Gasteiger partial charge in [-0.25, -0.2) is 0 Å². The van der Waals surface area contributed by atoms with E-state index in [-0.39, 0.29) is 6.61 Å². The van der Waals surface area contributed by atoms with Crippen molar-refractivity contribution in [1.82, 2.24) is 0 Å². The number of aliphatic imine (C=N–C) groups is 1. The van der Waals surface area contributed by atoms with Crippen molar-refractivity contribution in [3.05, 3.63) is 28.8 Å². The first-order chi connectivity index (χ1) is 6.66. The van der Waals surface area contributed by atoms with Crippen molar-refractivity contribution in [3.63, 3.8) is 0 Å². The van der Waals surface area contributed by atoms with Gasteiger partial charge in [-0.2, -0.15) is 0 Å². The molecule has 0 heterocycles. The fourth-order valence-electron chi connectivity index (χ4n) is 1.19. The second kappa shape index (κ2) is 4.77. The van der Waals surface area contributed by atoms with Crippen molar-refractivity contribution in [2.75, 3.05) is 13.2 Å². The lowest BCUT2D eigenvalue weighted by atomic mass is 10.0. The van der Waals surface area contributed by atoms with E-state index < -0.39 is 0 Å². The third-order valence-corrected chi connectivity index (χ3v) is 2.26. The highest BCUT2D eigenvalue weighted by Crippen LogP contribution is 2.21. The van der Waals surface area contributed by atoms with Crippen molar-refractivity contribution >= 4 is 6.21 Å².